The number of hydrogen-bond acceptors (Lipinski definition) is 2. The van der Waals surface area contributed by atoms with Gasteiger partial charge in [0.1, 0.15) is 6.04 Å². The van der Waals surface area contributed by atoms with Gasteiger partial charge in [0, 0.05) is 18.8 Å². The van der Waals surface area contributed by atoms with Crippen LogP contribution in [0.25, 0.3) is 0 Å². The van der Waals surface area contributed by atoms with Gasteiger partial charge in [-0.15, -0.1) is 6.58 Å². The lowest BCUT2D eigenvalue weighted by Crippen LogP contribution is -2.60. The summed E-state index contributed by atoms with van der Waals surface area (Å²) in [4.78, 5) is 22.3. The standard InChI is InChI=1S/C22H35N3O/c1-8-16(5)17(6)23-21-19(9-2)24(7)22(26)20(14-15(3)4)25(21)18-12-10-11-13-18/h9,18,20H,3,8,10-14H2,1-2,4-7H3. The number of nitrogens with zero attached hydrogens (tertiary/aromatic N) is 3. The maximum atomic E-state index is 13.2. The molecule has 144 valence electrons. The highest BCUT2D eigenvalue weighted by molar-refractivity contribution is 6.08. The molecule has 0 spiro atoms. The molecule has 26 heavy (non-hydrogen) atoms. The largest absolute Gasteiger partial charge is 0.340 e. The second-order valence-corrected chi connectivity index (χ2v) is 7.75. The third kappa shape index (κ3) is 4.11. The lowest BCUT2D eigenvalue weighted by molar-refractivity contribution is -0.134. The van der Waals surface area contributed by atoms with E-state index in [1.54, 1.807) is 4.90 Å². The number of rotatable bonds is 5. The van der Waals surface area contributed by atoms with Crippen LogP contribution in [0.5, 0.6) is 0 Å². The summed E-state index contributed by atoms with van der Waals surface area (Å²) in [7, 11) is 1.87. The van der Waals surface area contributed by atoms with Gasteiger partial charge in [-0.1, -0.05) is 37.0 Å². The van der Waals surface area contributed by atoms with Crippen LogP contribution in [-0.4, -0.2) is 40.7 Å². The quantitative estimate of drug-likeness (QED) is 0.646. The van der Waals surface area contributed by atoms with E-state index in [9.17, 15) is 4.79 Å². The summed E-state index contributed by atoms with van der Waals surface area (Å²) in [6, 6.07) is 0.193. The summed E-state index contributed by atoms with van der Waals surface area (Å²) in [6.45, 7) is 14.4. The first-order chi connectivity index (χ1) is 12.3. The van der Waals surface area contributed by atoms with E-state index in [4.69, 9.17) is 4.99 Å². The molecule has 2 aliphatic rings. The van der Waals surface area contributed by atoms with Gasteiger partial charge in [0.15, 0.2) is 5.84 Å². The zero-order valence-electron chi connectivity index (χ0n) is 17.4. The molecule has 4 heteroatoms. The van der Waals surface area contributed by atoms with Crippen molar-refractivity contribution in [1.82, 2.24) is 9.80 Å². The van der Waals surface area contributed by atoms with E-state index in [2.05, 4.69) is 32.3 Å². The molecular weight excluding hydrogens is 322 g/mol. The van der Waals surface area contributed by atoms with Crippen molar-refractivity contribution >= 4 is 11.7 Å². The molecule has 1 heterocycles. The van der Waals surface area contributed by atoms with E-state index in [0.717, 1.165) is 42.1 Å². The molecule has 0 radical (unpaired) electrons. The van der Waals surface area contributed by atoms with Crippen LogP contribution in [0.1, 0.15) is 73.1 Å². The van der Waals surface area contributed by atoms with E-state index < -0.39 is 0 Å². The molecule has 1 saturated heterocycles. The van der Waals surface area contributed by atoms with Crippen molar-refractivity contribution in [3.05, 3.63) is 35.2 Å². The van der Waals surface area contributed by atoms with Crippen molar-refractivity contribution in [1.29, 1.82) is 0 Å². The molecule has 1 aliphatic heterocycles. The van der Waals surface area contributed by atoms with Crippen LogP contribution in [0.2, 0.25) is 0 Å². The maximum absolute atomic E-state index is 13.2. The van der Waals surface area contributed by atoms with Crippen LogP contribution in [-0.2, 0) is 4.79 Å². The molecule has 2 fully saturated rings. The summed E-state index contributed by atoms with van der Waals surface area (Å²) in [6.07, 6.45) is 8.42. The van der Waals surface area contributed by atoms with Gasteiger partial charge in [-0.2, -0.15) is 0 Å². The Hall–Kier alpha value is -1.84. The zero-order chi connectivity index (χ0) is 19.4. The number of carbonyl (C=O) groups excluding carboxylic acids is 1. The number of likely N-dealkylation sites (N-methyl/N-ethyl adjacent to an activating group) is 1. The average molecular weight is 358 g/mol. The van der Waals surface area contributed by atoms with E-state index in [0.29, 0.717) is 12.5 Å². The number of aliphatic imine (C=N–C) groups is 1. The highest BCUT2D eigenvalue weighted by Gasteiger charge is 2.43. The molecule has 0 bridgehead atoms. The van der Waals surface area contributed by atoms with Crippen molar-refractivity contribution in [2.24, 2.45) is 4.99 Å². The Kier molecular flexibility index (Phi) is 6.85. The van der Waals surface area contributed by atoms with Gasteiger partial charge in [-0.05, 0) is 53.4 Å². The van der Waals surface area contributed by atoms with Crippen LogP contribution in [0.3, 0.4) is 0 Å². The Bertz CT molecular complexity index is 650. The first-order valence-electron chi connectivity index (χ1n) is 9.93. The third-order valence-electron chi connectivity index (χ3n) is 5.74. The molecule has 0 aromatic carbocycles. The predicted octanol–water partition coefficient (Wildman–Crippen LogP) is 5.04. The lowest BCUT2D eigenvalue weighted by atomic mass is 9.98. The molecular formula is C22H35N3O. The van der Waals surface area contributed by atoms with Gasteiger partial charge >= 0.3 is 0 Å². The molecule has 1 unspecified atom stereocenters. The molecule has 0 N–H and O–H groups in total. The molecule has 1 saturated carbocycles. The van der Waals surface area contributed by atoms with Crippen molar-refractivity contribution in [3.63, 3.8) is 0 Å². The molecule has 0 aromatic heterocycles. The molecule has 0 aromatic rings. The van der Waals surface area contributed by atoms with Crippen LogP contribution in [0.4, 0.5) is 0 Å². The first-order valence-corrected chi connectivity index (χ1v) is 9.93. The van der Waals surface area contributed by atoms with Crippen LogP contribution >= 0.6 is 0 Å². The van der Waals surface area contributed by atoms with Crippen molar-refractivity contribution in [2.45, 2.75) is 85.2 Å². The fourth-order valence-electron chi connectivity index (χ4n) is 3.96. The van der Waals surface area contributed by atoms with Crippen molar-refractivity contribution < 1.29 is 4.79 Å². The smallest absolute Gasteiger partial charge is 0.249 e. The number of carbonyl (C=O) groups is 1. The second kappa shape index (κ2) is 8.70. The van der Waals surface area contributed by atoms with Crippen molar-refractivity contribution in [2.75, 3.05) is 7.05 Å². The Morgan fingerprint density at radius 3 is 2.38 bits per heavy atom. The van der Waals surface area contributed by atoms with Gasteiger partial charge in [-0.25, -0.2) is 4.99 Å². The fourth-order valence-corrected chi connectivity index (χ4v) is 3.96. The highest BCUT2D eigenvalue weighted by atomic mass is 16.2. The minimum absolute atomic E-state index is 0.154. The lowest BCUT2D eigenvalue weighted by Gasteiger charge is -2.46. The summed E-state index contributed by atoms with van der Waals surface area (Å²) in [5.41, 5.74) is 4.31. The minimum Gasteiger partial charge on any atom is -0.340 e. The molecule has 1 amide bonds. The predicted molar refractivity (Wildman–Crippen MR) is 110 cm³/mol. The maximum Gasteiger partial charge on any atom is 0.249 e. The third-order valence-corrected chi connectivity index (χ3v) is 5.74. The summed E-state index contributed by atoms with van der Waals surface area (Å²) in [5, 5.41) is 0. The molecule has 2 rings (SSSR count). The Balaban J connectivity index is 2.61. The fraction of sp³-hybridized carbons (Fsp3) is 0.636. The topological polar surface area (TPSA) is 35.9 Å². The molecule has 4 nitrogen and oxygen atoms in total. The molecule has 1 aliphatic carbocycles. The van der Waals surface area contributed by atoms with Crippen LogP contribution in [0.15, 0.2) is 40.2 Å². The Labute approximate surface area is 159 Å². The second-order valence-electron chi connectivity index (χ2n) is 7.75. The number of allylic oxidation sites excluding steroid dienone is 3. The normalized spacial score (nSPS) is 26.1. The summed E-state index contributed by atoms with van der Waals surface area (Å²) < 4.78 is 0. The number of piperazine rings is 1. The van der Waals surface area contributed by atoms with Crippen LogP contribution < -0.4 is 0 Å². The van der Waals surface area contributed by atoms with Gasteiger partial charge < -0.3 is 9.80 Å². The van der Waals surface area contributed by atoms with Gasteiger partial charge in [0.25, 0.3) is 0 Å². The van der Waals surface area contributed by atoms with E-state index >= 15 is 0 Å². The van der Waals surface area contributed by atoms with Crippen LogP contribution in [0, 0.1) is 0 Å². The Morgan fingerprint density at radius 1 is 1.27 bits per heavy atom. The molecule has 1 atom stereocenters. The van der Waals surface area contributed by atoms with Gasteiger partial charge in [0.2, 0.25) is 5.91 Å². The van der Waals surface area contributed by atoms with Crippen molar-refractivity contribution in [3.8, 4) is 0 Å². The first kappa shape index (κ1) is 20.5. The van der Waals surface area contributed by atoms with E-state index in [1.807, 2.05) is 27.0 Å². The SMILES string of the molecule is C=C(C)CC1C(=O)N(C)C(=CC)C(=NC(C)=C(C)CC)N1C1CCCC1. The monoisotopic (exact) mass is 357 g/mol. The summed E-state index contributed by atoms with van der Waals surface area (Å²) >= 11 is 0. The average Bonchev–Trinajstić information content (AvgIpc) is 3.12. The van der Waals surface area contributed by atoms with E-state index in [1.165, 1.54) is 18.4 Å². The summed E-state index contributed by atoms with van der Waals surface area (Å²) in [5.74, 6) is 1.11. The highest BCUT2D eigenvalue weighted by Crippen LogP contribution is 2.33. The number of amidine groups is 1. The number of hydrogen-bond donors (Lipinski definition) is 0. The number of amides is 1. The Morgan fingerprint density at radius 2 is 1.88 bits per heavy atom. The van der Waals surface area contributed by atoms with Gasteiger partial charge in [-0.3, -0.25) is 4.79 Å². The van der Waals surface area contributed by atoms with E-state index in [-0.39, 0.29) is 11.9 Å². The zero-order valence-corrected chi connectivity index (χ0v) is 17.4. The van der Waals surface area contributed by atoms with Gasteiger partial charge in [0.05, 0.1) is 5.70 Å². The minimum atomic E-state index is -0.196.